The Balaban J connectivity index is 2.35. The number of carbonyl (C=O) groups is 1. The molecule has 2 rings (SSSR count). The monoisotopic (exact) mass is 361 g/mol. The van der Waals surface area contributed by atoms with Crippen LogP contribution in [-0.4, -0.2) is 10.9 Å². The zero-order valence-electron chi connectivity index (χ0n) is 9.75. The van der Waals surface area contributed by atoms with Crippen LogP contribution in [-0.2, 0) is 0 Å². The van der Waals surface area contributed by atoms with E-state index in [1.165, 1.54) is 12.3 Å². The fourth-order valence-electron chi connectivity index (χ4n) is 1.47. The number of nitrogens with one attached hydrogen (secondary N) is 1. The molecule has 0 aliphatic rings. The van der Waals surface area contributed by atoms with Gasteiger partial charge in [-0.1, -0.05) is 27.5 Å². The molecule has 0 aliphatic heterocycles. The molecule has 0 radical (unpaired) electrons. The van der Waals surface area contributed by atoms with Crippen molar-refractivity contribution in [3.05, 3.63) is 51.2 Å². The van der Waals surface area contributed by atoms with E-state index in [0.29, 0.717) is 0 Å². The van der Waals surface area contributed by atoms with E-state index in [1.807, 2.05) is 0 Å². The van der Waals surface area contributed by atoms with Gasteiger partial charge in [-0.2, -0.15) is 0 Å². The molecule has 4 nitrogen and oxygen atoms in total. The molecular formula is C12H7BrClF2N3O. The molecule has 1 aromatic carbocycles. The lowest BCUT2D eigenvalue weighted by molar-refractivity contribution is 0.102. The lowest BCUT2D eigenvalue weighted by Gasteiger charge is -2.09. The zero-order chi connectivity index (χ0) is 14.9. The van der Waals surface area contributed by atoms with Gasteiger partial charge in [-0.15, -0.1) is 0 Å². The van der Waals surface area contributed by atoms with Gasteiger partial charge in [-0.25, -0.2) is 13.8 Å². The summed E-state index contributed by atoms with van der Waals surface area (Å²) in [5.41, 5.74) is 5.04. The number of nitrogens with two attached hydrogens (primary N) is 1. The number of hydrogen-bond donors (Lipinski definition) is 2. The molecule has 0 atom stereocenters. The fraction of sp³-hybridized carbons (Fsp3) is 0. The van der Waals surface area contributed by atoms with E-state index >= 15 is 0 Å². The SMILES string of the molecule is Nc1cnc(Cl)c(C(=O)Nc2c(F)cc(Br)cc2F)c1. The first-order valence-electron chi connectivity index (χ1n) is 5.25. The third-order valence-electron chi connectivity index (χ3n) is 2.35. The quantitative estimate of drug-likeness (QED) is 0.802. The van der Waals surface area contributed by atoms with Crippen molar-refractivity contribution >= 4 is 44.8 Å². The third kappa shape index (κ3) is 3.05. The number of aromatic nitrogens is 1. The summed E-state index contributed by atoms with van der Waals surface area (Å²) in [5.74, 6) is -2.65. The van der Waals surface area contributed by atoms with E-state index < -0.39 is 23.2 Å². The van der Waals surface area contributed by atoms with E-state index in [4.69, 9.17) is 17.3 Å². The second kappa shape index (κ2) is 5.72. The number of benzene rings is 1. The van der Waals surface area contributed by atoms with Crippen LogP contribution in [0.5, 0.6) is 0 Å². The number of halogens is 4. The fourth-order valence-corrected chi connectivity index (χ4v) is 2.06. The highest BCUT2D eigenvalue weighted by molar-refractivity contribution is 9.10. The average molecular weight is 363 g/mol. The number of pyridine rings is 1. The summed E-state index contributed by atoms with van der Waals surface area (Å²) in [5, 5.41) is 1.98. The van der Waals surface area contributed by atoms with Crippen molar-refractivity contribution in [3.63, 3.8) is 0 Å². The highest BCUT2D eigenvalue weighted by atomic mass is 79.9. The Kier molecular flexibility index (Phi) is 4.20. The molecule has 104 valence electrons. The van der Waals surface area contributed by atoms with Crippen molar-refractivity contribution in [1.82, 2.24) is 4.98 Å². The summed E-state index contributed by atoms with van der Waals surface area (Å²) >= 11 is 8.68. The van der Waals surface area contributed by atoms with Gasteiger partial charge in [0.2, 0.25) is 0 Å². The summed E-state index contributed by atoms with van der Waals surface area (Å²) in [6, 6.07) is 3.31. The van der Waals surface area contributed by atoms with Gasteiger partial charge in [-0.05, 0) is 18.2 Å². The van der Waals surface area contributed by atoms with Crippen LogP contribution in [0.2, 0.25) is 5.15 Å². The van der Waals surface area contributed by atoms with Crippen LogP contribution in [0.3, 0.4) is 0 Å². The molecule has 0 spiro atoms. The molecule has 3 N–H and O–H groups in total. The van der Waals surface area contributed by atoms with Crippen LogP contribution in [0.25, 0.3) is 0 Å². The molecular weight excluding hydrogens is 356 g/mol. The lowest BCUT2D eigenvalue weighted by Crippen LogP contribution is -2.15. The molecule has 0 saturated carbocycles. The Morgan fingerprint density at radius 1 is 1.30 bits per heavy atom. The Bertz CT molecular complexity index is 673. The van der Waals surface area contributed by atoms with Crippen molar-refractivity contribution in [2.45, 2.75) is 0 Å². The van der Waals surface area contributed by atoms with Gasteiger partial charge < -0.3 is 11.1 Å². The molecule has 0 aliphatic carbocycles. The number of amides is 1. The minimum Gasteiger partial charge on any atom is -0.397 e. The van der Waals surface area contributed by atoms with Crippen LogP contribution in [0.1, 0.15) is 10.4 Å². The van der Waals surface area contributed by atoms with Gasteiger partial charge >= 0.3 is 0 Å². The average Bonchev–Trinajstić information content (AvgIpc) is 2.36. The van der Waals surface area contributed by atoms with Gasteiger partial charge in [0, 0.05) is 4.47 Å². The Morgan fingerprint density at radius 3 is 2.50 bits per heavy atom. The summed E-state index contributed by atoms with van der Waals surface area (Å²) < 4.78 is 27.4. The Hall–Kier alpha value is -1.73. The molecule has 0 saturated heterocycles. The minimum absolute atomic E-state index is 0.0756. The van der Waals surface area contributed by atoms with Crippen LogP contribution in [0, 0.1) is 11.6 Å². The zero-order valence-corrected chi connectivity index (χ0v) is 12.1. The predicted octanol–water partition coefficient (Wildman–Crippen LogP) is 3.61. The molecule has 2 aromatic rings. The van der Waals surface area contributed by atoms with Gasteiger partial charge in [-0.3, -0.25) is 4.79 Å². The van der Waals surface area contributed by atoms with Gasteiger partial charge in [0.25, 0.3) is 5.91 Å². The Labute approximate surface area is 126 Å². The highest BCUT2D eigenvalue weighted by Gasteiger charge is 2.17. The Morgan fingerprint density at radius 2 is 1.90 bits per heavy atom. The predicted molar refractivity (Wildman–Crippen MR) is 75.7 cm³/mol. The van der Waals surface area contributed by atoms with E-state index in [1.54, 1.807) is 0 Å². The topological polar surface area (TPSA) is 68.0 Å². The molecule has 1 aromatic heterocycles. The number of nitrogens with zero attached hydrogens (tertiary/aromatic N) is 1. The van der Waals surface area contributed by atoms with Crippen molar-refractivity contribution in [2.24, 2.45) is 0 Å². The minimum atomic E-state index is -0.918. The summed E-state index contributed by atoms with van der Waals surface area (Å²) in [6.07, 6.45) is 1.26. The smallest absolute Gasteiger partial charge is 0.259 e. The molecule has 0 fully saturated rings. The highest BCUT2D eigenvalue weighted by Crippen LogP contribution is 2.25. The molecule has 1 amide bonds. The molecule has 1 heterocycles. The van der Waals surface area contributed by atoms with Crippen molar-refractivity contribution in [2.75, 3.05) is 11.1 Å². The van der Waals surface area contributed by atoms with Crippen molar-refractivity contribution in [3.8, 4) is 0 Å². The largest absolute Gasteiger partial charge is 0.397 e. The lowest BCUT2D eigenvalue weighted by atomic mass is 10.2. The molecule has 0 bridgehead atoms. The number of carbonyl (C=O) groups excluding carboxylic acids is 1. The first kappa shape index (κ1) is 14.7. The third-order valence-corrected chi connectivity index (χ3v) is 3.11. The number of hydrogen-bond acceptors (Lipinski definition) is 3. The molecule has 20 heavy (non-hydrogen) atoms. The van der Waals surface area contributed by atoms with Crippen LogP contribution in [0.15, 0.2) is 28.9 Å². The number of rotatable bonds is 2. The molecule has 0 unspecified atom stereocenters. The maximum atomic E-state index is 13.6. The summed E-state index contributed by atoms with van der Waals surface area (Å²) in [4.78, 5) is 15.6. The number of nitrogen functional groups attached to an aromatic ring is 1. The normalized spacial score (nSPS) is 10.4. The van der Waals surface area contributed by atoms with Crippen molar-refractivity contribution in [1.29, 1.82) is 0 Å². The van der Waals surface area contributed by atoms with Gasteiger partial charge in [0.05, 0.1) is 17.4 Å². The van der Waals surface area contributed by atoms with Crippen LogP contribution in [0.4, 0.5) is 20.2 Å². The second-order valence-corrected chi connectivity index (χ2v) is 5.08. The van der Waals surface area contributed by atoms with Crippen molar-refractivity contribution < 1.29 is 13.6 Å². The number of anilines is 2. The second-order valence-electron chi connectivity index (χ2n) is 3.81. The van der Waals surface area contributed by atoms with E-state index in [-0.39, 0.29) is 20.9 Å². The summed E-state index contributed by atoms with van der Waals surface area (Å²) in [6.45, 7) is 0. The maximum Gasteiger partial charge on any atom is 0.259 e. The molecule has 8 heteroatoms. The van der Waals surface area contributed by atoms with Crippen LogP contribution >= 0.6 is 27.5 Å². The summed E-state index contributed by atoms with van der Waals surface area (Å²) in [7, 11) is 0. The maximum absolute atomic E-state index is 13.6. The van der Waals surface area contributed by atoms with Gasteiger partial charge in [0.15, 0.2) is 11.6 Å². The van der Waals surface area contributed by atoms with Gasteiger partial charge in [0.1, 0.15) is 10.8 Å². The standard InChI is InChI=1S/C12H7BrClF2N3O/c13-5-1-8(15)10(9(16)2-5)19-12(20)7-3-6(17)4-18-11(7)14/h1-4H,17H2,(H,19,20). The van der Waals surface area contributed by atoms with E-state index in [9.17, 15) is 13.6 Å². The first-order chi connectivity index (χ1) is 9.38. The first-order valence-corrected chi connectivity index (χ1v) is 6.42. The van der Waals surface area contributed by atoms with Crippen LogP contribution < -0.4 is 11.1 Å². The van der Waals surface area contributed by atoms with E-state index in [0.717, 1.165) is 12.1 Å². The van der Waals surface area contributed by atoms with E-state index in [2.05, 4.69) is 26.2 Å².